The molecule has 1 saturated heterocycles. The van der Waals surface area contributed by atoms with Gasteiger partial charge in [0.15, 0.2) is 0 Å². The molecule has 0 unspecified atom stereocenters. The van der Waals surface area contributed by atoms with E-state index in [0.717, 1.165) is 13.1 Å². The standard InChI is InChI=1S/C20H22ClN3O3/c21-16-6-8-17(9-7-16)22-19(25)14-27-15-20(26)24-12-10-23(11-13-24)18-4-2-1-3-5-18/h1-9H,10-15H2,(H,22,25). The molecule has 0 atom stereocenters. The Morgan fingerprint density at radius 1 is 0.926 bits per heavy atom. The van der Waals surface area contributed by atoms with Crippen LogP contribution in [0.2, 0.25) is 5.02 Å². The number of carbonyl (C=O) groups is 2. The number of benzene rings is 2. The number of anilines is 2. The van der Waals surface area contributed by atoms with Crippen LogP contribution in [0, 0.1) is 0 Å². The molecule has 1 aliphatic heterocycles. The molecule has 2 aromatic rings. The van der Waals surface area contributed by atoms with Crippen LogP contribution in [-0.2, 0) is 14.3 Å². The molecule has 6 nitrogen and oxygen atoms in total. The van der Waals surface area contributed by atoms with Gasteiger partial charge in [0, 0.05) is 42.6 Å². The van der Waals surface area contributed by atoms with Crippen molar-refractivity contribution in [2.24, 2.45) is 0 Å². The largest absolute Gasteiger partial charge is 0.368 e. The van der Waals surface area contributed by atoms with Crippen molar-refractivity contribution in [3.05, 3.63) is 59.6 Å². The van der Waals surface area contributed by atoms with E-state index < -0.39 is 0 Å². The van der Waals surface area contributed by atoms with Crippen molar-refractivity contribution in [2.45, 2.75) is 0 Å². The molecule has 1 fully saturated rings. The van der Waals surface area contributed by atoms with Gasteiger partial charge in [-0.25, -0.2) is 0 Å². The van der Waals surface area contributed by atoms with Crippen LogP contribution in [-0.4, -0.2) is 56.1 Å². The van der Waals surface area contributed by atoms with Crippen LogP contribution in [0.15, 0.2) is 54.6 Å². The van der Waals surface area contributed by atoms with Crippen LogP contribution in [0.4, 0.5) is 11.4 Å². The number of rotatable bonds is 6. The molecule has 7 heteroatoms. The minimum Gasteiger partial charge on any atom is -0.368 e. The van der Waals surface area contributed by atoms with Crippen LogP contribution in [0.25, 0.3) is 0 Å². The highest BCUT2D eigenvalue weighted by molar-refractivity contribution is 6.30. The first-order valence-corrected chi connectivity index (χ1v) is 9.20. The Kier molecular flexibility index (Phi) is 6.68. The summed E-state index contributed by atoms with van der Waals surface area (Å²) in [6, 6.07) is 16.9. The normalized spacial score (nSPS) is 14.1. The fourth-order valence-electron chi connectivity index (χ4n) is 2.91. The summed E-state index contributed by atoms with van der Waals surface area (Å²) in [6.07, 6.45) is 0. The van der Waals surface area contributed by atoms with E-state index in [2.05, 4.69) is 22.3 Å². The lowest BCUT2D eigenvalue weighted by molar-refractivity contribution is -0.137. The van der Waals surface area contributed by atoms with Gasteiger partial charge in [-0.2, -0.15) is 0 Å². The first kappa shape index (κ1) is 19.2. The Morgan fingerprint density at radius 3 is 2.26 bits per heavy atom. The second-order valence-corrected chi connectivity index (χ2v) is 6.69. The quantitative estimate of drug-likeness (QED) is 0.827. The van der Waals surface area contributed by atoms with Gasteiger partial charge in [-0.05, 0) is 36.4 Å². The Morgan fingerprint density at radius 2 is 1.59 bits per heavy atom. The van der Waals surface area contributed by atoms with Crippen molar-refractivity contribution in [3.63, 3.8) is 0 Å². The van der Waals surface area contributed by atoms with Crippen LogP contribution in [0.1, 0.15) is 0 Å². The fourth-order valence-corrected chi connectivity index (χ4v) is 3.03. The second-order valence-electron chi connectivity index (χ2n) is 6.25. The molecule has 1 N–H and O–H groups in total. The molecule has 0 aromatic heterocycles. The molecule has 2 amide bonds. The minimum atomic E-state index is -0.306. The maximum absolute atomic E-state index is 12.3. The van der Waals surface area contributed by atoms with Gasteiger partial charge in [0.05, 0.1) is 0 Å². The van der Waals surface area contributed by atoms with Gasteiger partial charge in [0.1, 0.15) is 13.2 Å². The number of halogens is 1. The summed E-state index contributed by atoms with van der Waals surface area (Å²) in [5.41, 5.74) is 1.80. The molecule has 142 valence electrons. The van der Waals surface area contributed by atoms with Gasteiger partial charge >= 0.3 is 0 Å². The highest BCUT2D eigenvalue weighted by Gasteiger charge is 2.21. The summed E-state index contributed by atoms with van der Waals surface area (Å²) in [6.45, 7) is 2.60. The molecule has 2 aromatic carbocycles. The van der Waals surface area contributed by atoms with E-state index in [9.17, 15) is 9.59 Å². The third-order valence-electron chi connectivity index (χ3n) is 4.34. The summed E-state index contributed by atoms with van der Waals surface area (Å²) < 4.78 is 5.27. The summed E-state index contributed by atoms with van der Waals surface area (Å²) in [7, 11) is 0. The van der Waals surface area contributed by atoms with Crippen molar-refractivity contribution >= 4 is 34.8 Å². The van der Waals surface area contributed by atoms with Crippen molar-refractivity contribution in [2.75, 3.05) is 49.6 Å². The minimum absolute atomic E-state index is 0.0954. The zero-order valence-corrected chi connectivity index (χ0v) is 15.7. The summed E-state index contributed by atoms with van der Waals surface area (Å²) in [4.78, 5) is 28.1. The molecular weight excluding hydrogens is 366 g/mol. The lowest BCUT2D eigenvalue weighted by atomic mass is 10.2. The van der Waals surface area contributed by atoms with Crippen LogP contribution in [0.3, 0.4) is 0 Å². The van der Waals surface area contributed by atoms with Gasteiger partial charge in [0.25, 0.3) is 0 Å². The molecule has 0 spiro atoms. The van der Waals surface area contributed by atoms with Crippen LogP contribution in [0.5, 0.6) is 0 Å². The number of piperazine rings is 1. The Balaban J connectivity index is 1.36. The molecular formula is C20H22ClN3O3. The summed E-state index contributed by atoms with van der Waals surface area (Å²) >= 11 is 5.80. The van der Waals surface area contributed by atoms with Crippen LogP contribution >= 0.6 is 11.6 Å². The number of carbonyl (C=O) groups excluding carboxylic acids is 2. The van der Waals surface area contributed by atoms with E-state index in [-0.39, 0.29) is 25.0 Å². The van der Waals surface area contributed by atoms with E-state index in [1.165, 1.54) is 5.69 Å². The second kappa shape index (κ2) is 9.39. The lowest BCUT2D eigenvalue weighted by Crippen LogP contribution is -2.49. The number of hydrogen-bond acceptors (Lipinski definition) is 4. The molecule has 0 radical (unpaired) electrons. The molecule has 1 heterocycles. The first-order valence-electron chi connectivity index (χ1n) is 8.83. The zero-order valence-electron chi connectivity index (χ0n) is 14.9. The molecule has 27 heavy (non-hydrogen) atoms. The highest BCUT2D eigenvalue weighted by Crippen LogP contribution is 2.16. The average molecular weight is 388 g/mol. The first-order chi connectivity index (χ1) is 13.1. The van der Waals surface area contributed by atoms with Gasteiger partial charge < -0.3 is 19.9 Å². The van der Waals surface area contributed by atoms with Crippen LogP contribution < -0.4 is 10.2 Å². The number of amides is 2. The lowest BCUT2D eigenvalue weighted by Gasteiger charge is -2.36. The van der Waals surface area contributed by atoms with E-state index in [1.807, 2.05) is 18.2 Å². The predicted octanol–water partition coefficient (Wildman–Crippen LogP) is 2.64. The average Bonchev–Trinajstić information content (AvgIpc) is 2.70. The highest BCUT2D eigenvalue weighted by atomic mass is 35.5. The molecule has 3 rings (SSSR count). The van der Waals surface area contributed by atoms with Gasteiger partial charge in [-0.15, -0.1) is 0 Å². The maximum Gasteiger partial charge on any atom is 0.250 e. The van der Waals surface area contributed by atoms with E-state index in [0.29, 0.717) is 23.8 Å². The topological polar surface area (TPSA) is 61.9 Å². The van der Waals surface area contributed by atoms with E-state index in [4.69, 9.17) is 16.3 Å². The number of para-hydroxylation sites is 1. The monoisotopic (exact) mass is 387 g/mol. The molecule has 0 saturated carbocycles. The Hall–Kier alpha value is -2.57. The van der Waals surface area contributed by atoms with Crippen molar-refractivity contribution < 1.29 is 14.3 Å². The van der Waals surface area contributed by atoms with Crippen molar-refractivity contribution in [1.82, 2.24) is 4.90 Å². The molecule has 0 bridgehead atoms. The number of nitrogens with zero attached hydrogens (tertiary/aromatic N) is 2. The smallest absolute Gasteiger partial charge is 0.250 e. The number of nitrogens with one attached hydrogen (secondary N) is 1. The third-order valence-corrected chi connectivity index (χ3v) is 4.59. The SMILES string of the molecule is O=C(COCC(=O)N1CCN(c2ccccc2)CC1)Nc1ccc(Cl)cc1. The van der Waals surface area contributed by atoms with Gasteiger partial charge in [0.2, 0.25) is 11.8 Å². The fraction of sp³-hybridized carbons (Fsp3) is 0.300. The summed E-state index contributed by atoms with van der Waals surface area (Å²) in [5, 5.41) is 3.29. The zero-order chi connectivity index (χ0) is 19.1. The Bertz CT molecular complexity index is 760. The number of hydrogen-bond donors (Lipinski definition) is 1. The van der Waals surface area contributed by atoms with Gasteiger partial charge in [-0.1, -0.05) is 29.8 Å². The summed E-state index contributed by atoms with van der Waals surface area (Å²) in [5.74, 6) is -0.402. The van der Waals surface area contributed by atoms with E-state index in [1.54, 1.807) is 29.2 Å². The van der Waals surface area contributed by atoms with Crippen molar-refractivity contribution in [1.29, 1.82) is 0 Å². The van der Waals surface area contributed by atoms with E-state index >= 15 is 0 Å². The predicted molar refractivity (Wildman–Crippen MR) is 106 cm³/mol. The Labute approximate surface area is 163 Å². The molecule has 0 aliphatic carbocycles. The molecule has 1 aliphatic rings. The van der Waals surface area contributed by atoms with Gasteiger partial charge in [-0.3, -0.25) is 9.59 Å². The van der Waals surface area contributed by atoms with Crippen molar-refractivity contribution in [3.8, 4) is 0 Å². The maximum atomic E-state index is 12.3. The third kappa shape index (κ3) is 5.70. The number of ether oxygens (including phenoxy) is 1.